The molecule has 0 bridgehead atoms. The molecule has 2 aliphatic carbocycles. The number of nitrogens with zero attached hydrogens (tertiary/aromatic N) is 2. The van der Waals surface area contributed by atoms with Crippen LogP contribution in [0.4, 0.5) is 20.2 Å². The normalized spacial score (nSPS) is 28.7. The van der Waals surface area contributed by atoms with Crippen molar-refractivity contribution in [3.8, 4) is 0 Å². The van der Waals surface area contributed by atoms with Crippen LogP contribution < -0.4 is 21.3 Å². The average Bonchev–Trinajstić information content (AvgIpc) is 3.18. The molecule has 4 N–H and O–H groups in total. The van der Waals surface area contributed by atoms with E-state index in [9.17, 15) is 23.2 Å². The van der Waals surface area contributed by atoms with E-state index < -0.39 is 17.9 Å². The minimum Gasteiger partial charge on any atom is -0.397 e. The number of carbonyl (C=O) groups is 3. The number of imide groups is 1. The molecule has 1 aromatic carbocycles. The van der Waals surface area contributed by atoms with Crippen molar-refractivity contribution in [2.24, 2.45) is 0 Å². The van der Waals surface area contributed by atoms with Gasteiger partial charge in [0.15, 0.2) is 0 Å². The average molecular weight is 504 g/mol. The number of nitrogens with two attached hydrogens (primary N) is 1. The standard InChI is InChI=1S/C26H35F2N5O3/c1-32(19-5-3-2-4-18(19)30-15-10-12-26(27,28)13-11-15)20-7-6-16-17(23(20)29)14-33(25(16)36)21-8-9-22(34)31-24(21)35/h6-7,15,18-19,21,30H,2-5,8-14,29H2,1H3,(H,31,34,35)/t18-,19-,21?/m1/s1. The molecule has 196 valence electrons. The van der Waals surface area contributed by atoms with Crippen molar-refractivity contribution in [1.29, 1.82) is 0 Å². The summed E-state index contributed by atoms with van der Waals surface area (Å²) in [5, 5.41) is 6.01. The van der Waals surface area contributed by atoms with Crippen LogP contribution in [-0.2, 0) is 16.1 Å². The van der Waals surface area contributed by atoms with Crippen LogP contribution in [0.3, 0.4) is 0 Å². The lowest BCUT2D eigenvalue weighted by atomic mass is 9.86. The van der Waals surface area contributed by atoms with E-state index in [0.29, 0.717) is 36.1 Å². The molecule has 1 saturated heterocycles. The molecule has 0 aromatic heterocycles. The fraction of sp³-hybridized carbons (Fsp3) is 0.654. The van der Waals surface area contributed by atoms with Crippen LogP contribution in [-0.4, -0.2) is 59.8 Å². The van der Waals surface area contributed by atoms with Gasteiger partial charge >= 0.3 is 0 Å². The van der Waals surface area contributed by atoms with E-state index in [1.165, 1.54) is 4.90 Å². The maximum Gasteiger partial charge on any atom is 0.255 e. The summed E-state index contributed by atoms with van der Waals surface area (Å²) >= 11 is 0. The lowest BCUT2D eigenvalue weighted by molar-refractivity contribution is -0.136. The van der Waals surface area contributed by atoms with E-state index in [1.807, 2.05) is 13.1 Å². The van der Waals surface area contributed by atoms with Crippen molar-refractivity contribution < 1.29 is 23.2 Å². The number of carbonyl (C=O) groups excluding carboxylic acids is 3. The Morgan fingerprint density at radius 1 is 1.08 bits per heavy atom. The van der Waals surface area contributed by atoms with Crippen LogP contribution in [0.2, 0.25) is 0 Å². The fourth-order valence-corrected chi connectivity index (χ4v) is 6.42. The number of benzene rings is 1. The lowest BCUT2D eigenvalue weighted by Gasteiger charge is -2.42. The summed E-state index contributed by atoms with van der Waals surface area (Å²) in [5.74, 6) is -3.55. The predicted octanol–water partition coefficient (Wildman–Crippen LogP) is 2.94. The number of nitrogens with one attached hydrogen (secondary N) is 2. The highest BCUT2D eigenvalue weighted by molar-refractivity contribution is 6.06. The number of hydrogen-bond donors (Lipinski definition) is 3. The third-order valence-corrected chi connectivity index (χ3v) is 8.51. The quantitative estimate of drug-likeness (QED) is 0.421. The molecule has 0 spiro atoms. The predicted molar refractivity (Wildman–Crippen MR) is 132 cm³/mol. The van der Waals surface area contributed by atoms with Crippen molar-refractivity contribution in [3.05, 3.63) is 23.3 Å². The molecule has 3 atom stereocenters. The zero-order valence-electron chi connectivity index (χ0n) is 20.7. The molecule has 3 amide bonds. The van der Waals surface area contributed by atoms with E-state index >= 15 is 0 Å². The van der Waals surface area contributed by atoms with Gasteiger partial charge in [0.25, 0.3) is 5.91 Å². The largest absolute Gasteiger partial charge is 0.397 e. The van der Waals surface area contributed by atoms with Crippen molar-refractivity contribution in [3.63, 3.8) is 0 Å². The first-order valence-electron chi connectivity index (χ1n) is 13.1. The first-order valence-corrected chi connectivity index (χ1v) is 13.1. The number of piperidine rings is 1. The second kappa shape index (κ2) is 9.61. The van der Waals surface area contributed by atoms with Crippen molar-refractivity contribution in [2.75, 3.05) is 17.7 Å². The molecule has 0 radical (unpaired) electrons. The number of halogens is 2. The van der Waals surface area contributed by atoms with Gasteiger partial charge in [-0.05, 0) is 44.2 Å². The molecule has 2 aliphatic heterocycles. The van der Waals surface area contributed by atoms with E-state index in [-0.39, 0.29) is 55.7 Å². The second-order valence-corrected chi connectivity index (χ2v) is 10.8. The lowest BCUT2D eigenvalue weighted by Crippen LogP contribution is -2.54. The fourth-order valence-electron chi connectivity index (χ4n) is 6.42. The summed E-state index contributed by atoms with van der Waals surface area (Å²) in [6.45, 7) is 0.233. The van der Waals surface area contributed by atoms with Crippen molar-refractivity contribution >= 4 is 29.1 Å². The molecule has 3 fully saturated rings. The van der Waals surface area contributed by atoms with E-state index in [0.717, 1.165) is 31.4 Å². The molecule has 4 aliphatic rings. The number of hydrogen-bond acceptors (Lipinski definition) is 6. The zero-order chi connectivity index (χ0) is 25.6. The van der Waals surface area contributed by atoms with Crippen LogP contribution in [0.1, 0.15) is 80.1 Å². The monoisotopic (exact) mass is 503 g/mol. The molecule has 2 heterocycles. The molecule has 1 aromatic rings. The van der Waals surface area contributed by atoms with Gasteiger partial charge in [-0.25, -0.2) is 8.78 Å². The summed E-state index contributed by atoms with van der Waals surface area (Å²) in [6.07, 6.45) is 5.49. The molecular weight excluding hydrogens is 468 g/mol. The first kappa shape index (κ1) is 24.9. The second-order valence-electron chi connectivity index (χ2n) is 10.8. The number of likely N-dealkylation sites (N-methyl/N-ethyl adjacent to an activating group) is 1. The van der Waals surface area contributed by atoms with Gasteiger partial charge in [0.2, 0.25) is 17.7 Å². The highest BCUT2D eigenvalue weighted by Gasteiger charge is 2.41. The van der Waals surface area contributed by atoms with Gasteiger partial charge in [0.1, 0.15) is 6.04 Å². The Morgan fingerprint density at radius 2 is 1.81 bits per heavy atom. The van der Waals surface area contributed by atoms with E-state index in [1.54, 1.807) is 6.07 Å². The minimum absolute atomic E-state index is 0.0621. The summed E-state index contributed by atoms with van der Waals surface area (Å²) in [4.78, 5) is 40.7. The number of nitrogen functional groups attached to an aromatic ring is 1. The number of fused-ring (bicyclic) bond motifs is 1. The Bertz CT molecular complexity index is 1050. The molecule has 1 unspecified atom stereocenters. The van der Waals surface area contributed by atoms with Crippen molar-refractivity contribution in [1.82, 2.24) is 15.5 Å². The highest BCUT2D eigenvalue weighted by atomic mass is 19.3. The van der Waals surface area contributed by atoms with Gasteiger partial charge in [-0.3, -0.25) is 19.7 Å². The summed E-state index contributed by atoms with van der Waals surface area (Å²) < 4.78 is 27.3. The first-order chi connectivity index (χ1) is 17.1. The van der Waals surface area contributed by atoms with Gasteiger partial charge in [-0.1, -0.05) is 12.8 Å². The highest BCUT2D eigenvalue weighted by Crippen LogP contribution is 2.39. The van der Waals surface area contributed by atoms with Gasteiger partial charge in [0, 0.05) is 62.1 Å². The number of alkyl halides is 2. The molecule has 36 heavy (non-hydrogen) atoms. The summed E-state index contributed by atoms with van der Waals surface area (Å²) in [7, 11) is 2.01. The van der Waals surface area contributed by atoms with Crippen LogP contribution in [0.25, 0.3) is 0 Å². The van der Waals surface area contributed by atoms with Crippen LogP contribution in [0, 0.1) is 0 Å². The molecule has 2 saturated carbocycles. The maximum atomic E-state index is 13.6. The third-order valence-electron chi connectivity index (χ3n) is 8.51. The Balaban J connectivity index is 1.32. The Kier molecular flexibility index (Phi) is 6.65. The number of anilines is 2. The van der Waals surface area contributed by atoms with E-state index in [4.69, 9.17) is 5.73 Å². The topological polar surface area (TPSA) is 108 Å². The molecule has 8 nitrogen and oxygen atoms in total. The third kappa shape index (κ3) is 4.67. The molecule has 10 heteroatoms. The molecule has 5 rings (SSSR count). The SMILES string of the molecule is CN(c1ccc2c(c1N)CN(C1CCC(=O)NC1=O)C2=O)[C@@H]1CCCC[C@H]1NC1CCC(F)(F)CC1. The van der Waals surface area contributed by atoms with Crippen LogP contribution in [0.5, 0.6) is 0 Å². The van der Waals surface area contributed by atoms with Gasteiger partial charge in [0.05, 0.1) is 11.4 Å². The number of rotatable bonds is 5. The molecular formula is C26H35F2N5O3. The zero-order valence-corrected chi connectivity index (χ0v) is 20.7. The van der Waals surface area contributed by atoms with Crippen molar-refractivity contribution in [2.45, 2.75) is 101 Å². The Labute approximate surface area is 209 Å². The van der Waals surface area contributed by atoms with Crippen LogP contribution in [0.15, 0.2) is 12.1 Å². The Morgan fingerprint density at radius 3 is 2.53 bits per heavy atom. The summed E-state index contributed by atoms with van der Waals surface area (Å²) in [5.41, 5.74) is 9.20. The van der Waals surface area contributed by atoms with Gasteiger partial charge < -0.3 is 20.9 Å². The number of amides is 3. The van der Waals surface area contributed by atoms with E-state index in [2.05, 4.69) is 15.5 Å². The van der Waals surface area contributed by atoms with Gasteiger partial charge in [-0.15, -0.1) is 0 Å². The Hall–Kier alpha value is -2.75. The van der Waals surface area contributed by atoms with Crippen LogP contribution >= 0.6 is 0 Å². The smallest absolute Gasteiger partial charge is 0.255 e. The minimum atomic E-state index is -2.54. The van der Waals surface area contributed by atoms with Gasteiger partial charge in [-0.2, -0.15) is 0 Å². The maximum absolute atomic E-state index is 13.6. The summed E-state index contributed by atoms with van der Waals surface area (Å²) in [6, 6.07) is 3.39.